The lowest BCUT2D eigenvalue weighted by molar-refractivity contribution is 0.0502. The Kier molecular flexibility index (Phi) is 6.93. The molecule has 0 spiro atoms. The van der Waals surface area contributed by atoms with E-state index in [0.29, 0.717) is 10.8 Å². The first-order valence-electron chi connectivity index (χ1n) is 9.52. The van der Waals surface area contributed by atoms with Gasteiger partial charge in [-0.3, -0.25) is 0 Å². The van der Waals surface area contributed by atoms with Crippen molar-refractivity contribution in [1.82, 2.24) is 9.80 Å². The predicted molar refractivity (Wildman–Crippen MR) is 118 cm³/mol. The lowest BCUT2D eigenvalue weighted by atomic mass is 9.93. The average Bonchev–Trinajstić information content (AvgIpc) is 2.72. The number of imide groups is 1. The summed E-state index contributed by atoms with van der Waals surface area (Å²) in [5.41, 5.74) is 2.04. The third-order valence-corrected chi connectivity index (χ3v) is 6.05. The van der Waals surface area contributed by atoms with Crippen LogP contribution in [0.25, 0.3) is 0 Å². The molecule has 0 bridgehead atoms. The molecule has 28 heavy (non-hydrogen) atoms. The van der Waals surface area contributed by atoms with E-state index in [1.807, 2.05) is 65.6 Å². The lowest BCUT2D eigenvalue weighted by Crippen LogP contribution is -2.61. The van der Waals surface area contributed by atoms with E-state index >= 15 is 0 Å². The molecule has 2 aromatic rings. The van der Waals surface area contributed by atoms with Crippen molar-refractivity contribution in [3.8, 4) is 0 Å². The molecular formula is C22H25IN2O3. The standard InChI is InChI=1S/C22H25IN2O3/c1-3-28-22(27)25-19(15-23)14-16(2)24(21(25)26)20(17-10-6-4-7-11-17)18-12-8-5-9-13-18/h4-13,16,19-20H,3,14-15H2,1-2H3/t16-,19+/m1/s1. The van der Waals surface area contributed by atoms with Crippen LogP contribution in [0.1, 0.15) is 37.4 Å². The number of carbonyl (C=O) groups is 2. The minimum absolute atomic E-state index is 0.0108. The second-order valence-electron chi connectivity index (χ2n) is 6.88. The predicted octanol–water partition coefficient (Wildman–Crippen LogP) is 5.25. The number of hydrogen-bond acceptors (Lipinski definition) is 3. The highest BCUT2D eigenvalue weighted by molar-refractivity contribution is 14.1. The third-order valence-electron chi connectivity index (χ3n) is 5.03. The van der Waals surface area contributed by atoms with Crippen molar-refractivity contribution in [3.05, 3.63) is 71.8 Å². The largest absolute Gasteiger partial charge is 0.449 e. The van der Waals surface area contributed by atoms with Crippen LogP contribution in [0.5, 0.6) is 0 Å². The zero-order chi connectivity index (χ0) is 20.1. The van der Waals surface area contributed by atoms with Gasteiger partial charge in [-0.15, -0.1) is 0 Å². The Balaban J connectivity index is 2.05. The zero-order valence-corrected chi connectivity index (χ0v) is 18.3. The Morgan fingerprint density at radius 1 is 1.11 bits per heavy atom. The Hall–Kier alpha value is -2.09. The summed E-state index contributed by atoms with van der Waals surface area (Å²) >= 11 is 2.23. The quantitative estimate of drug-likeness (QED) is 0.423. The maximum absolute atomic E-state index is 13.6. The molecule has 2 aromatic carbocycles. The summed E-state index contributed by atoms with van der Waals surface area (Å²) in [6.07, 6.45) is 0.148. The van der Waals surface area contributed by atoms with Crippen molar-refractivity contribution >= 4 is 34.7 Å². The van der Waals surface area contributed by atoms with Gasteiger partial charge >= 0.3 is 12.1 Å². The highest BCUT2D eigenvalue weighted by atomic mass is 127. The molecule has 0 N–H and O–H groups in total. The smallest absolute Gasteiger partial charge is 0.418 e. The van der Waals surface area contributed by atoms with E-state index in [2.05, 4.69) is 29.5 Å². The number of halogens is 1. The Labute approximate surface area is 179 Å². The molecule has 0 radical (unpaired) electrons. The van der Waals surface area contributed by atoms with Crippen molar-refractivity contribution in [2.75, 3.05) is 11.0 Å². The fourth-order valence-corrected chi connectivity index (χ4v) is 4.54. The normalized spacial score (nSPS) is 19.8. The highest BCUT2D eigenvalue weighted by Crippen LogP contribution is 2.36. The number of amides is 3. The Morgan fingerprint density at radius 2 is 1.64 bits per heavy atom. The van der Waals surface area contributed by atoms with Gasteiger partial charge in [-0.2, -0.15) is 0 Å². The molecule has 0 unspecified atom stereocenters. The van der Waals surface area contributed by atoms with Crippen molar-refractivity contribution in [3.63, 3.8) is 0 Å². The van der Waals surface area contributed by atoms with Crippen LogP contribution in [0.3, 0.4) is 0 Å². The van der Waals surface area contributed by atoms with Crippen LogP contribution < -0.4 is 0 Å². The zero-order valence-electron chi connectivity index (χ0n) is 16.1. The van der Waals surface area contributed by atoms with E-state index in [1.165, 1.54) is 4.90 Å². The van der Waals surface area contributed by atoms with Crippen molar-refractivity contribution in [2.45, 2.75) is 38.4 Å². The molecule has 1 heterocycles. The van der Waals surface area contributed by atoms with Gasteiger partial charge in [0.1, 0.15) is 0 Å². The van der Waals surface area contributed by atoms with Gasteiger partial charge < -0.3 is 9.64 Å². The minimum atomic E-state index is -0.564. The molecule has 5 nitrogen and oxygen atoms in total. The van der Waals surface area contributed by atoms with Gasteiger partial charge in [0.15, 0.2) is 0 Å². The average molecular weight is 492 g/mol. The number of alkyl halides is 1. The summed E-state index contributed by atoms with van der Waals surface area (Å²) in [4.78, 5) is 29.3. The van der Waals surface area contributed by atoms with E-state index < -0.39 is 6.09 Å². The van der Waals surface area contributed by atoms with Gasteiger partial charge in [0.05, 0.1) is 18.7 Å². The van der Waals surface area contributed by atoms with E-state index in [9.17, 15) is 9.59 Å². The lowest BCUT2D eigenvalue weighted by Gasteiger charge is -2.46. The molecule has 148 valence electrons. The number of carbonyl (C=O) groups excluding carboxylic acids is 2. The van der Waals surface area contributed by atoms with Crippen LogP contribution in [0.2, 0.25) is 0 Å². The minimum Gasteiger partial charge on any atom is -0.449 e. The first kappa shape index (κ1) is 20.6. The molecule has 0 saturated carbocycles. The summed E-state index contributed by atoms with van der Waals surface area (Å²) < 4.78 is 5.88. The monoisotopic (exact) mass is 492 g/mol. The maximum Gasteiger partial charge on any atom is 0.418 e. The molecule has 1 aliphatic heterocycles. The van der Waals surface area contributed by atoms with Gasteiger partial charge in [0.25, 0.3) is 0 Å². The second-order valence-corrected chi connectivity index (χ2v) is 7.76. The summed E-state index contributed by atoms with van der Waals surface area (Å²) in [6, 6.07) is 19.2. The van der Waals surface area contributed by atoms with Crippen LogP contribution >= 0.6 is 22.6 Å². The van der Waals surface area contributed by atoms with Crippen LogP contribution in [0.15, 0.2) is 60.7 Å². The van der Waals surface area contributed by atoms with Crippen LogP contribution in [0.4, 0.5) is 9.59 Å². The number of benzene rings is 2. The summed E-state index contributed by atoms with van der Waals surface area (Å²) in [6.45, 7) is 4.05. The van der Waals surface area contributed by atoms with Crippen molar-refractivity contribution in [2.24, 2.45) is 0 Å². The van der Waals surface area contributed by atoms with Crippen LogP contribution in [-0.2, 0) is 4.74 Å². The number of urea groups is 1. The maximum atomic E-state index is 13.6. The molecule has 1 fully saturated rings. The third kappa shape index (κ3) is 4.16. The Morgan fingerprint density at radius 3 is 2.11 bits per heavy atom. The van der Waals surface area contributed by atoms with Crippen molar-refractivity contribution < 1.29 is 14.3 Å². The first-order valence-corrected chi connectivity index (χ1v) is 11.0. The topological polar surface area (TPSA) is 49.9 Å². The van der Waals surface area contributed by atoms with Gasteiger partial charge in [-0.25, -0.2) is 14.5 Å². The highest BCUT2D eigenvalue weighted by Gasteiger charge is 2.44. The molecule has 0 aromatic heterocycles. The van der Waals surface area contributed by atoms with Gasteiger partial charge in [0.2, 0.25) is 0 Å². The van der Waals surface area contributed by atoms with Gasteiger partial charge in [-0.1, -0.05) is 83.3 Å². The van der Waals surface area contributed by atoms with E-state index in [4.69, 9.17) is 4.74 Å². The summed E-state index contributed by atoms with van der Waals surface area (Å²) in [5.74, 6) is 0. The molecular weight excluding hydrogens is 467 g/mol. The first-order chi connectivity index (χ1) is 13.6. The molecule has 2 atom stereocenters. The molecule has 1 aliphatic rings. The molecule has 3 rings (SSSR count). The van der Waals surface area contributed by atoms with Crippen LogP contribution in [-0.4, -0.2) is 45.0 Å². The number of rotatable bonds is 5. The van der Waals surface area contributed by atoms with E-state index in [1.54, 1.807) is 6.92 Å². The van der Waals surface area contributed by atoms with Crippen molar-refractivity contribution in [1.29, 1.82) is 0 Å². The van der Waals surface area contributed by atoms with Gasteiger partial charge in [0, 0.05) is 10.5 Å². The van der Waals surface area contributed by atoms with Crippen LogP contribution in [0, 0.1) is 0 Å². The molecule has 3 amide bonds. The Bertz CT molecular complexity index is 760. The summed E-state index contributed by atoms with van der Waals surface area (Å²) in [5, 5.41) is 0. The van der Waals surface area contributed by atoms with E-state index in [0.717, 1.165) is 11.1 Å². The number of ether oxygens (including phenoxy) is 1. The SMILES string of the molecule is CCOC(=O)N1C(=O)N(C(c2ccccc2)c2ccccc2)[C@H](C)C[C@H]1CI. The van der Waals surface area contributed by atoms with E-state index in [-0.39, 0.29) is 30.8 Å². The fourth-order valence-electron chi connectivity index (χ4n) is 3.78. The molecule has 6 heteroatoms. The van der Waals surface area contributed by atoms with Gasteiger partial charge in [-0.05, 0) is 31.4 Å². The number of hydrogen-bond donors (Lipinski definition) is 0. The summed E-state index contributed by atoms with van der Waals surface area (Å²) in [7, 11) is 0. The number of nitrogens with zero attached hydrogens (tertiary/aromatic N) is 2. The fraction of sp³-hybridized carbons (Fsp3) is 0.364. The molecule has 0 aliphatic carbocycles. The second kappa shape index (κ2) is 9.41. The molecule has 1 saturated heterocycles.